The molecule has 2 amide bonds. The van der Waals surface area contributed by atoms with Gasteiger partial charge in [-0.15, -0.1) is 0 Å². The zero-order valence-electron chi connectivity index (χ0n) is 15.0. The SMILES string of the molecule is O=C(NCCC#Cc1ccc(C(=O)NC2CC2)cc1)OCc1ccccc1. The maximum atomic E-state index is 11.9. The fourth-order valence-electron chi connectivity index (χ4n) is 2.37. The van der Waals surface area contributed by atoms with Gasteiger partial charge in [-0.05, 0) is 42.7 Å². The first-order valence-corrected chi connectivity index (χ1v) is 9.05. The van der Waals surface area contributed by atoms with Crippen LogP contribution in [0.3, 0.4) is 0 Å². The fourth-order valence-corrected chi connectivity index (χ4v) is 2.37. The minimum atomic E-state index is -0.452. The van der Waals surface area contributed by atoms with Crippen LogP contribution in [0.15, 0.2) is 54.6 Å². The number of amides is 2. The van der Waals surface area contributed by atoms with Crippen molar-refractivity contribution in [1.82, 2.24) is 10.6 Å². The van der Waals surface area contributed by atoms with Gasteiger partial charge in [0.2, 0.25) is 0 Å². The van der Waals surface area contributed by atoms with Gasteiger partial charge in [0.15, 0.2) is 0 Å². The number of carbonyl (C=O) groups excluding carboxylic acids is 2. The second-order valence-electron chi connectivity index (χ2n) is 6.37. The van der Waals surface area contributed by atoms with E-state index in [9.17, 15) is 9.59 Å². The number of hydrogen-bond acceptors (Lipinski definition) is 3. The van der Waals surface area contributed by atoms with Crippen LogP contribution in [0.25, 0.3) is 0 Å². The Labute approximate surface area is 159 Å². The van der Waals surface area contributed by atoms with Gasteiger partial charge >= 0.3 is 6.09 Å². The van der Waals surface area contributed by atoms with Gasteiger partial charge in [0.1, 0.15) is 6.61 Å². The van der Waals surface area contributed by atoms with Gasteiger partial charge in [-0.3, -0.25) is 4.79 Å². The van der Waals surface area contributed by atoms with Crippen molar-refractivity contribution in [3.63, 3.8) is 0 Å². The first-order chi connectivity index (χ1) is 13.2. The number of carbonyl (C=O) groups is 2. The molecule has 0 bridgehead atoms. The molecule has 27 heavy (non-hydrogen) atoms. The highest BCUT2D eigenvalue weighted by Crippen LogP contribution is 2.19. The molecule has 0 unspecified atom stereocenters. The molecule has 3 rings (SSSR count). The van der Waals surface area contributed by atoms with Crippen LogP contribution in [0.5, 0.6) is 0 Å². The summed E-state index contributed by atoms with van der Waals surface area (Å²) >= 11 is 0. The Balaban J connectivity index is 1.34. The molecule has 0 aromatic heterocycles. The fraction of sp³-hybridized carbons (Fsp3) is 0.273. The highest BCUT2D eigenvalue weighted by Gasteiger charge is 2.23. The van der Waals surface area contributed by atoms with Gasteiger partial charge < -0.3 is 15.4 Å². The van der Waals surface area contributed by atoms with E-state index in [-0.39, 0.29) is 12.5 Å². The molecule has 0 heterocycles. The Hall–Kier alpha value is -3.26. The number of nitrogens with one attached hydrogen (secondary N) is 2. The maximum Gasteiger partial charge on any atom is 0.407 e. The van der Waals surface area contributed by atoms with Crippen molar-refractivity contribution >= 4 is 12.0 Å². The van der Waals surface area contributed by atoms with E-state index < -0.39 is 6.09 Å². The van der Waals surface area contributed by atoms with Crippen molar-refractivity contribution in [3.8, 4) is 11.8 Å². The predicted octanol–water partition coefficient (Wildman–Crippen LogP) is 3.25. The monoisotopic (exact) mass is 362 g/mol. The molecule has 5 heteroatoms. The Bertz CT molecular complexity index is 831. The van der Waals surface area contributed by atoms with Crippen molar-refractivity contribution in [2.45, 2.75) is 31.9 Å². The summed E-state index contributed by atoms with van der Waals surface area (Å²) in [5, 5.41) is 5.62. The molecule has 138 valence electrons. The van der Waals surface area contributed by atoms with Crippen molar-refractivity contribution in [2.75, 3.05) is 6.54 Å². The first kappa shape index (κ1) is 18.5. The molecule has 0 radical (unpaired) electrons. The van der Waals surface area contributed by atoms with E-state index >= 15 is 0 Å². The van der Waals surface area contributed by atoms with Crippen molar-refractivity contribution in [3.05, 3.63) is 71.3 Å². The number of hydrogen-bond donors (Lipinski definition) is 2. The topological polar surface area (TPSA) is 67.4 Å². The summed E-state index contributed by atoms with van der Waals surface area (Å²) in [6, 6.07) is 17.1. The van der Waals surface area contributed by atoms with Crippen LogP contribution in [0, 0.1) is 11.8 Å². The minimum Gasteiger partial charge on any atom is -0.445 e. The molecular weight excluding hydrogens is 340 g/mol. The van der Waals surface area contributed by atoms with Gasteiger partial charge in [-0.2, -0.15) is 0 Å². The first-order valence-electron chi connectivity index (χ1n) is 9.05. The third kappa shape index (κ3) is 6.52. The zero-order valence-corrected chi connectivity index (χ0v) is 15.0. The summed E-state index contributed by atoms with van der Waals surface area (Å²) in [4.78, 5) is 23.5. The number of benzene rings is 2. The van der Waals surface area contributed by atoms with E-state index in [0.717, 1.165) is 24.0 Å². The van der Waals surface area contributed by atoms with E-state index in [1.165, 1.54) is 0 Å². The Morgan fingerprint density at radius 3 is 2.48 bits per heavy atom. The van der Waals surface area contributed by atoms with E-state index in [0.29, 0.717) is 24.6 Å². The molecule has 1 saturated carbocycles. The highest BCUT2D eigenvalue weighted by molar-refractivity contribution is 5.94. The van der Waals surface area contributed by atoms with Crippen LogP contribution in [-0.2, 0) is 11.3 Å². The summed E-state index contributed by atoms with van der Waals surface area (Å²) in [7, 11) is 0. The third-order valence-corrected chi connectivity index (χ3v) is 4.02. The van der Waals surface area contributed by atoms with Crippen LogP contribution < -0.4 is 10.6 Å². The summed E-state index contributed by atoms with van der Waals surface area (Å²) in [5.41, 5.74) is 2.43. The largest absolute Gasteiger partial charge is 0.445 e. The molecule has 5 nitrogen and oxygen atoms in total. The summed E-state index contributed by atoms with van der Waals surface area (Å²) in [6.07, 6.45) is 2.21. The van der Waals surface area contributed by atoms with Gasteiger partial charge in [-0.25, -0.2) is 4.79 Å². The Kier molecular flexibility index (Phi) is 6.48. The zero-order chi connectivity index (χ0) is 18.9. The smallest absolute Gasteiger partial charge is 0.407 e. The molecule has 0 aliphatic heterocycles. The summed E-state index contributed by atoms with van der Waals surface area (Å²) in [5.74, 6) is 5.99. The number of ether oxygens (including phenoxy) is 1. The average Bonchev–Trinajstić information content (AvgIpc) is 3.51. The van der Waals surface area contributed by atoms with Gasteiger partial charge in [0, 0.05) is 30.1 Å². The summed E-state index contributed by atoms with van der Waals surface area (Å²) < 4.78 is 5.12. The van der Waals surface area contributed by atoms with E-state index in [1.807, 2.05) is 42.5 Å². The summed E-state index contributed by atoms with van der Waals surface area (Å²) in [6.45, 7) is 0.668. The molecule has 2 N–H and O–H groups in total. The van der Waals surface area contributed by atoms with Gasteiger partial charge in [0.05, 0.1) is 0 Å². The standard InChI is InChI=1S/C22H22N2O3/c25-21(24-20-13-14-20)19-11-9-17(10-12-19)6-4-5-15-23-22(26)27-16-18-7-2-1-3-8-18/h1-3,7-12,20H,5,13-16H2,(H,23,26)(H,24,25). The van der Waals surface area contributed by atoms with Crippen LogP contribution in [0.1, 0.15) is 40.7 Å². The second kappa shape index (κ2) is 9.44. The Morgan fingerprint density at radius 1 is 1.04 bits per heavy atom. The molecule has 0 spiro atoms. The third-order valence-electron chi connectivity index (χ3n) is 4.02. The van der Waals surface area contributed by atoms with Crippen molar-refractivity contribution in [1.29, 1.82) is 0 Å². The lowest BCUT2D eigenvalue weighted by Crippen LogP contribution is -2.25. The number of rotatable bonds is 6. The van der Waals surface area contributed by atoms with Crippen LogP contribution >= 0.6 is 0 Å². The van der Waals surface area contributed by atoms with Gasteiger partial charge in [0.25, 0.3) is 5.91 Å². The molecule has 0 atom stereocenters. The van der Waals surface area contributed by atoms with E-state index in [4.69, 9.17) is 4.74 Å². The van der Waals surface area contributed by atoms with E-state index in [1.54, 1.807) is 12.1 Å². The number of alkyl carbamates (subject to hydrolysis) is 1. The van der Waals surface area contributed by atoms with Crippen LogP contribution in [-0.4, -0.2) is 24.6 Å². The van der Waals surface area contributed by atoms with Crippen LogP contribution in [0.2, 0.25) is 0 Å². The quantitative estimate of drug-likeness (QED) is 0.612. The second-order valence-corrected chi connectivity index (χ2v) is 6.37. The lowest BCUT2D eigenvalue weighted by Gasteiger charge is -2.05. The molecular formula is C22H22N2O3. The normalized spacial score (nSPS) is 12.4. The predicted molar refractivity (Wildman–Crippen MR) is 103 cm³/mol. The van der Waals surface area contributed by atoms with Gasteiger partial charge in [-0.1, -0.05) is 42.2 Å². The van der Waals surface area contributed by atoms with Crippen molar-refractivity contribution in [2.24, 2.45) is 0 Å². The molecule has 1 aliphatic rings. The highest BCUT2D eigenvalue weighted by atomic mass is 16.5. The molecule has 0 saturated heterocycles. The lowest BCUT2D eigenvalue weighted by molar-refractivity contribution is 0.0951. The van der Waals surface area contributed by atoms with Crippen molar-refractivity contribution < 1.29 is 14.3 Å². The van der Waals surface area contributed by atoms with E-state index in [2.05, 4.69) is 22.5 Å². The average molecular weight is 362 g/mol. The lowest BCUT2D eigenvalue weighted by atomic mass is 10.1. The molecule has 1 fully saturated rings. The molecule has 1 aliphatic carbocycles. The Morgan fingerprint density at radius 2 is 1.78 bits per heavy atom. The molecule has 2 aromatic carbocycles. The minimum absolute atomic E-state index is 0.0322. The van der Waals surface area contributed by atoms with Crippen LogP contribution in [0.4, 0.5) is 4.79 Å². The maximum absolute atomic E-state index is 11.9. The molecule has 2 aromatic rings.